The van der Waals surface area contributed by atoms with Gasteiger partial charge in [-0.05, 0) is 44.9 Å². The molecule has 5 nitrogen and oxygen atoms in total. The van der Waals surface area contributed by atoms with Crippen LogP contribution in [-0.2, 0) is 4.74 Å². The normalized spacial score (nSPS) is 27.9. The Morgan fingerprint density at radius 1 is 1.33 bits per heavy atom. The molecule has 0 aliphatic carbocycles. The fourth-order valence-corrected chi connectivity index (χ4v) is 3.91. The van der Waals surface area contributed by atoms with Crippen molar-refractivity contribution >= 4 is 5.91 Å². The first-order valence-corrected chi connectivity index (χ1v) is 8.75. The highest BCUT2D eigenvalue weighted by molar-refractivity contribution is 5.95. The highest BCUT2D eigenvalue weighted by Crippen LogP contribution is 2.23. The quantitative estimate of drug-likeness (QED) is 0.854. The molecule has 3 atom stereocenters. The summed E-state index contributed by atoms with van der Waals surface area (Å²) in [4.78, 5) is 17.3. The maximum absolute atomic E-state index is 12.9. The Hall–Kier alpha value is -1.90. The molecule has 0 N–H and O–H groups in total. The average Bonchev–Trinajstić information content (AvgIpc) is 3.01. The van der Waals surface area contributed by atoms with Crippen molar-refractivity contribution < 1.29 is 9.53 Å². The molecule has 2 fully saturated rings. The molecule has 1 amide bonds. The van der Waals surface area contributed by atoms with Crippen molar-refractivity contribution in [2.24, 2.45) is 0 Å². The van der Waals surface area contributed by atoms with Gasteiger partial charge in [0.25, 0.3) is 5.91 Å². The lowest BCUT2D eigenvalue weighted by Crippen LogP contribution is -2.50. The molecule has 2 aliphatic heterocycles. The lowest BCUT2D eigenvalue weighted by molar-refractivity contribution is -0.0715. The van der Waals surface area contributed by atoms with Gasteiger partial charge in [-0.1, -0.05) is 6.07 Å². The number of amides is 1. The minimum atomic E-state index is 0.0453. The first-order chi connectivity index (χ1) is 11.6. The van der Waals surface area contributed by atoms with Crippen molar-refractivity contribution in [1.82, 2.24) is 9.80 Å². The number of carbonyl (C=O) groups excluding carboxylic acids is 1. The van der Waals surface area contributed by atoms with E-state index in [0.29, 0.717) is 11.1 Å². The Kier molecular flexibility index (Phi) is 5.17. The summed E-state index contributed by atoms with van der Waals surface area (Å²) in [5.74, 6) is 0.0453. The van der Waals surface area contributed by atoms with Crippen LogP contribution in [0.25, 0.3) is 0 Å². The third kappa shape index (κ3) is 3.77. The van der Waals surface area contributed by atoms with E-state index < -0.39 is 0 Å². The van der Waals surface area contributed by atoms with E-state index in [1.54, 1.807) is 24.3 Å². The van der Waals surface area contributed by atoms with Crippen molar-refractivity contribution in [2.45, 2.75) is 44.9 Å². The van der Waals surface area contributed by atoms with Crippen molar-refractivity contribution in [1.29, 1.82) is 5.26 Å². The number of morpholine rings is 1. The first kappa shape index (κ1) is 16.9. The lowest BCUT2D eigenvalue weighted by atomic mass is 10.1. The van der Waals surface area contributed by atoms with Crippen molar-refractivity contribution in [2.75, 3.05) is 26.2 Å². The minimum absolute atomic E-state index is 0.0453. The topological polar surface area (TPSA) is 56.6 Å². The molecule has 0 bridgehead atoms. The van der Waals surface area contributed by atoms with Crippen LogP contribution in [-0.4, -0.2) is 60.1 Å². The molecule has 0 spiro atoms. The summed E-state index contributed by atoms with van der Waals surface area (Å²) in [6.45, 7) is 7.76. The number of rotatable bonds is 3. The van der Waals surface area contributed by atoms with Gasteiger partial charge >= 0.3 is 0 Å². The zero-order chi connectivity index (χ0) is 17.1. The maximum atomic E-state index is 12.9. The van der Waals surface area contributed by atoms with Crippen LogP contribution in [0.2, 0.25) is 0 Å². The third-order valence-corrected chi connectivity index (χ3v) is 4.84. The van der Waals surface area contributed by atoms with Crippen LogP contribution in [0, 0.1) is 11.3 Å². The summed E-state index contributed by atoms with van der Waals surface area (Å²) < 4.78 is 5.80. The van der Waals surface area contributed by atoms with Gasteiger partial charge in [0, 0.05) is 37.8 Å². The van der Waals surface area contributed by atoms with E-state index in [2.05, 4.69) is 24.8 Å². The van der Waals surface area contributed by atoms with Crippen LogP contribution in [0.3, 0.4) is 0 Å². The van der Waals surface area contributed by atoms with E-state index in [1.807, 2.05) is 4.90 Å². The highest BCUT2D eigenvalue weighted by atomic mass is 16.5. The molecule has 0 saturated carbocycles. The third-order valence-electron chi connectivity index (χ3n) is 4.84. The monoisotopic (exact) mass is 327 g/mol. The summed E-state index contributed by atoms with van der Waals surface area (Å²) >= 11 is 0. The predicted molar refractivity (Wildman–Crippen MR) is 91.7 cm³/mol. The summed E-state index contributed by atoms with van der Waals surface area (Å²) in [6.07, 6.45) is 2.58. The van der Waals surface area contributed by atoms with E-state index >= 15 is 0 Å². The Labute approximate surface area is 143 Å². The fraction of sp³-hybridized carbons (Fsp3) is 0.579. The lowest BCUT2D eigenvalue weighted by Gasteiger charge is -2.38. The molecule has 2 aliphatic rings. The maximum Gasteiger partial charge on any atom is 0.254 e. The smallest absolute Gasteiger partial charge is 0.254 e. The minimum Gasteiger partial charge on any atom is -0.373 e. The van der Waals surface area contributed by atoms with Gasteiger partial charge in [0.15, 0.2) is 0 Å². The highest BCUT2D eigenvalue weighted by Gasteiger charge is 2.32. The van der Waals surface area contributed by atoms with Crippen molar-refractivity contribution in [3.8, 4) is 6.07 Å². The van der Waals surface area contributed by atoms with Crippen LogP contribution in [0.15, 0.2) is 24.3 Å². The van der Waals surface area contributed by atoms with Crippen LogP contribution in [0.1, 0.15) is 42.6 Å². The zero-order valence-electron chi connectivity index (χ0n) is 14.4. The Morgan fingerprint density at radius 3 is 2.79 bits per heavy atom. The largest absolute Gasteiger partial charge is 0.373 e. The zero-order valence-corrected chi connectivity index (χ0v) is 14.4. The Bertz CT molecular complexity index is 630. The van der Waals surface area contributed by atoms with E-state index in [0.717, 1.165) is 39.0 Å². The number of nitriles is 1. The number of hydrogen-bond acceptors (Lipinski definition) is 4. The second-order valence-corrected chi connectivity index (χ2v) is 6.96. The van der Waals surface area contributed by atoms with Gasteiger partial charge in [-0.3, -0.25) is 9.69 Å². The number of likely N-dealkylation sites (tertiary alicyclic amines) is 1. The summed E-state index contributed by atoms with van der Waals surface area (Å²) in [5.41, 5.74) is 1.15. The molecule has 5 heteroatoms. The van der Waals surface area contributed by atoms with Gasteiger partial charge in [-0.15, -0.1) is 0 Å². The molecule has 0 unspecified atom stereocenters. The molecule has 0 aromatic heterocycles. The number of carbonyl (C=O) groups is 1. The first-order valence-electron chi connectivity index (χ1n) is 8.75. The predicted octanol–water partition coefficient (Wildman–Crippen LogP) is 2.27. The van der Waals surface area contributed by atoms with Crippen LogP contribution in [0.4, 0.5) is 0 Å². The van der Waals surface area contributed by atoms with Crippen LogP contribution >= 0.6 is 0 Å². The fourth-order valence-electron chi connectivity index (χ4n) is 3.91. The van der Waals surface area contributed by atoms with Gasteiger partial charge in [-0.2, -0.15) is 5.26 Å². The number of benzene rings is 1. The molecule has 24 heavy (non-hydrogen) atoms. The van der Waals surface area contributed by atoms with E-state index in [1.165, 1.54) is 0 Å². The molecule has 1 aromatic rings. The van der Waals surface area contributed by atoms with Crippen LogP contribution in [0.5, 0.6) is 0 Å². The molecule has 0 radical (unpaired) electrons. The molecule has 2 heterocycles. The number of hydrogen-bond donors (Lipinski definition) is 0. The van der Waals surface area contributed by atoms with Gasteiger partial charge in [0.2, 0.25) is 0 Å². The molecule has 3 rings (SSSR count). The van der Waals surface area contributed by atoms with Gasteiger partial charge in [-0.25, -0.2) is 0 Å². The van der Waals surface area contributed by atoms with Crippen LogP contribution < -0.4 is 0 Å². The molecule has 2 saturated heterocycles. The average molecular weight is 327 g/mol. The van der Waals surface area contributed by atoms with E-state index in [-0.39, 0.29) is 24.2 Å². The Balaban J connectivity index is 1.68. The second-order valence-electron chi connectivity index (χ2n) is 6.96. The van der Waals surface area contributed by atoms with Crippen molar-refractivity contribution in [3.63, 3.8) is 0 Å². The molecular weight excluding hydrogens is 302 g/mol. The molecule has 1 aromatic carbocycles. The molecule has 128 valence electrons. The Morgan fingerprint density at radius 2 is 2.08 bits per heavy atom. The van der Waals surface area contributed by atoms with Gasteiger partial charge in [0.05, 0.1) is 23.8 Å². The van der Waals surface area contributed by atoms with E-state index in [9.17, 15) is 4.79 Å². The summed E-state index contributed by atoms with van der Waals surface area (Å²) in [6, 6.07) is 9.36. The standard InChI is InChI=1S/C19H25N3O2/c1-14-11-21(12-15(2)24-14)13-18-7-4-8-22(18)19(23)17-6-3-5-16(9-17)10-20/h3,5-6,9,14-15,18H,4,7-8,11-13H2,1-2H3/t14-,15-,18+/m1/s1. The molecular formula is C19H25N3O2. The summed E-state index contributed by atoms with van der Waals surface area (Å²) in [5, 5.41) is 9.03. The second kappa shape index (κ2) is 7.33. The summed E-state index contributed by atoms with van der Waals surface area (Å²) in [7, 11) is 0. The van der Waals surface area contributed by atoms with Gasteiger partial charge < -0.3 is 9.64 Å². The SMILES string of the molecule is C[C@@H]1CN(C[C@@H]2CCCN2C(=O)c2cccc(C#N)c2)C[C@@H](C)O1. The van der Waals surface area contributed by atoms with E-state index in [4.69, 9.17) is 10.00 Å². The number of nitrogens with zero attached hydrogens (tertiary/aromatic N) is 3. The van der Waals surface area contributed by atoms with Gasteiger partial charge in [0.1, 0.15) is 0 Å². The van der Waals surface area contributed by atoms with Crippen molar-refractivity contribution in [3.05, 3.63) is 35.4 Å². The number of ether oxygens (including phenoxy) is 1.